The number of nitrogens with one attached hydrogen (secondary N) is 1. The van der Waals surface area contributed by atoms with Gasteiger partial charge in [-0.05, 0) is 65.7 Å². The summed E-state index contributed by atoms with van der Waals surface area (Å²) in [4.78, 5) is 0. The van der Waals surface area contributed by atoms with E-state index in [1.165, 1.54) is 0 Å². The Hall–Kier alpha value is -1.10. The third-order valence-electron chi connectivity index (χ3n) is 3.07. The molecule has 0 aliphatic rings. The van der Waals surface area contributed by atoms with Gasteiger partial charge in [0.2, 0.25) is 0 Å². The zero-order chi connectivity index (χ0) is 16.8. The average Bonchev–Trinajstić information content (AvgIpc) is 2.52. The van der Waals surface area contributed by atoms with Gasteiger partial charge in [0.25, 0.3) is 0 Å². The van der Waals surface area contributed by atoms with Gasteiger partial charge in [0.05, 0.1) is 28.4 Å². The summed E-state index contributed by atoms with van der Waals surface area (Å²) in [6.45, 7) is 5.63. The maximum atomic E-state index is 6.17. The van der Waals surface area contributed by atoms with Crippen LogP contribution < -0.4 is 14.8 Å². The van der Waals surface area contributed by atoms with Crippen LogP contribution in [0.2, 0.25) is 10.0 Å². The fourth-order valence-electron chi connectivity index (χ4n) is 2.10. The Morgan fingerprint density at radius 1 is 1.04 bits per heavy atom. The fraction of sp³-hybridized carbons (Fsp3) is 0.294. The first-order valence-corrected chi connectivity index (χ1v) is 8.87. The van der Waals surface area contributed by atoms with Crippen LogP contribution in [-0.4, -0.2) is 13.2 Å². The molecule has 2 aromatic rings. The summed E-state index contributed by atoms with van der Waals surface area (Å²) in [5.74, 6) is 1.44. The fourth-order valence-corrected chi connectivity index (χ4v) is 3.06. The van der Waals surface area contributed by atoms with E-state index in [0.29, 0.717) is 29.8 Å². The molecular weight excluding hydrogens is 401 g/mol. The first-order valence-electron chi connectivity index (χ1n) is 7.32. The van der Waals surface area contributed by atoms with Crippen molar-refractivity contribution < 1.29 is 9.47 Å². The molecule has 0 aliphatic heterocycles. The molecule has 3 nitrogen and oxygen atoms in total. The largest absolute Gasteiger partial charge is 0.490 e. The molecule has 2 aromatic carbocycles. The van der Waals surface area contributed by atoms with Crippen molar-refractivity contribution in [3.05, 3.63) is 50.4 Å². The summed E-state index contributed by atoms with van der Waals surface area (Å²) in [5, 5.41) is 4.55. The van der Waals surface area contributed by atoms with Crippen LogP contribution in [0.15, 0.2) is 34.8 Å². The summed E-state index contributed by atoms with van der Waals surface area (Å²) in [7, 11) is 0. The van der Waals surface area contributed by atoms with E-state index in [4.69, 9.17) is 32.7 Å². The lowest BCUT2D eigenvalue weighted by atomic mass is 10.2. The van der Waals surface area contributed by atoms with E-state index in [9.17, 15) is 0 Å². The first kappa shape index (κ1) is 18.2. The Labute approximate surface area is 155 Å². The van der Waals surface area contributed by atoms with Crippen molar-refractivity contribution in [1.82, 2.24) is 0 Å². The predicted octanol–water partition coefficient (Wildman–Crippen LogP) is 6.17. The molecule has 0 fully saturated rings. The van der Waals surface area contributed by atoms with Gasteiger partial charge in [-0.2, -0.15) is 0 Å². The van der Waals surface area contributed by atoms with Gasteiger partial charge in [-0.1, -0.05) is 23.2 Å². The third kappa shape index (κ3) is 4.93. The van der Waals surface area contributed by atoms with Gasteiger partial charge in [-0.25, -0.2) is 0 Å². The second-order valence-corrected chi connectivity index (χ2v) is 6.45. The van der Waals surface area contributed by atoms with Crippen molar-refractivity contribution in [2.24, 2.45) is 0 Å². The number of halogens is 3. The van der Waals surface area contributed by atoms with Crippen molar-refractivity contribution in [3.8, 4) is 11.5 Å². The number of rotatable bonds is 7. The smallest absolute Gasteiger partial charge is 0.175 e. The van der Waals surface area contributed by atoms with Crippen LogP contribution in [0.4, 0.5) is 5.69 Å². The monoisotopic (exact) mass is 417 g/mol. The SMILES string of the molecule is CCOc1cc(CNc2cc(Cl)ccc2Cl)cc(Br)c1OCC. The number of ether oxygens (including phenoxy) is 2. The number of anilines is 1. The lowest BCUT2D eigenvalue weighted by molar-refractivity contribution is 0.286. The Bertz CT molecular complexity index is 680. The second kappa shape index (κ2) is 8.67. The van der Waals surface area contributed by atoms with Gasteiger partial charge in [-0.15, -0.1) is 0 Å². The van der Waals surface area contributed by atoms with E-state index in [-0.39, 0.29) is 0 Å². The molecule has 0 bridgehead atoms. The summed E-state index contributed by atoms with van der Waals surface area (Å²) in [5.41, 5.74) is 1.84. The molecule has 0 heterocycles. The van der Waals surface area contributed by atoms with E-state index >= 15 is 0 Å². The third-order valence-corrected chi connectivity index (χ3v) is 4.22. The Balaban J connectivity index is 2.21. The highest BCUT2D eigenvalue weighted by Crippen LogP contribution is 2.37. The van der Waals surface area contributed by atoms with Gasteiger partial charge >= 0.3 is 0 Å². The molecule has 124 valence electrons. The maximum Gasteiger partial charge on any atom is 0.175 e. The summed E-state index contributed by atoms with van der Waals surface area (Å²) in [6.07, 6.45) is 0. The predicted molar refractivity (Wildman–Crippen MR) is 100 cm³/mol. The second-order valence-electron chi connectivity index (χ2n) is 4.75. The Kier molecular flexibility index (Phi) is 6.88. The molecule has 0 unspecified atom stereocenters. The number of benzene rings is 2. The highest BCUT2D eigenvalue weighted by atomic mass is 79.9. The molecule has 0 spiro atoms. The molecule has 6 heteroatoms. The minimum atomic E-state index is 0.573. The molecule has 0 amide bonds. The minimum absolute atomic E-state index is 0.573. The topological polar surface area (TPSA) is 30.5 Å². The molecule has 2 rings (SSSR count). The number of hydrogen-bond acceptors (Lipinski definition) is 3. The van der Waals surface area contributed by atoms with Crippen molar-refractivity contribution in [3.63, 3.8) is 0 Å². The molecule has 23 heavy (non-hydrogen) atoms. The minimum Gasteiger partial charge on any atom is -0.490 e. The van der Waals surface area contributed by atoms with Crippen molar-refractivity contribution in [1.29, 1.82) is 0 Å². The molecule has 0 atom stereocenters. The summed E-state index contributed by atoms with van der Waals surface area (Å²) < 4.78 is 12.2. The summed E-state index contributed by atoms with van der Waals surface area (Å²) in [6, 6.07) is 9.29. The molecule has 0 aliphatic carbocycles. The highest BCUT2D eigenvalue weighted by molar-refractivity contribution is 9.10. The molecular formula is C17H18BrCl2NO2. The molecule has 1 N–H and O–H groups in total. The van der Waals surface area contributed by atoms with Gasteiger partial charge < -0.3 is 14.8 Å². The highest BCUT2D eigenvalue weighted by Gasteiger charge is 2.12. The van der Waals surface area contributed by atoms with Gasteiger partial charge in [0.1, 0.15) is 0 Å². The van der Waals surface area contributed by atoms with Crippen LogP contribution in [0.5, 0.6) is 11.5 Å². The van der Waals surface area contributed by atoms with Crippen LogP contribution >= 0.6 is 39.1 Å². The van der Waals surface area contributed by atoms with Crippen LogP contribution in [-0.2, 0) is 6.54 Å². The lowest BCUT2D eigenvalue weighted by Gasteiger charge is -2.15. The van der Waals surface area contributed by atoms with E-state index in [1.807, 2.05) is 26.0 Å². The maximum absolute atomic E-state index is 6.17. The van der Waals surface area contributed by atoms with Crippen molar-refractivity contribution >= 4 is 44.8 Å². The van der Waals surface area contributed by atoms with E-state index in [0.717, 1.165) is 27.2 Å². The average molecular weight is 419 g/mol. The van der Waals surface area contributed by atoms with Crippen LogP contribution in [0.25, 0.3) is 0 Å². The normalized spacial score (nSPS) is 10.5. The quantitative estimate of drug-likeness (QED) is 0.583. The van der Waals surface area contributed by atoms with E-state index < -0.39 is 0 Å². The Morgan fingerprint density at radius 2 is 1.78 bits per heavy atom. The lowest BCUT2D eigenvalue weighted by Crippen LogP contribution is -2.04. The van der Waals surface area contributed by atoms with Crippen LogP contribution in [0.3, 0.4) is 0 Å². The van der Waals surface area contributed by atoms with E-state index in [1.54, 1.807) is 18.2 Å². The molecule has 0 aromatic heterocycles. The van der Waals surface area contributed by atoms with Crippen LogP contribution in [0, 0.1) is 0 Å². The zero-order valence-electron chi connectivity index (χ0n) is 13.0. The zero-order valence-corrected chi connectivity index (χ0v) is 16.1. The van der Waals surface area contributed by atoms with Gasteiger partial charge in [0.15, 0.2) is 11.5 Å². The Morgan fingerprint density at radius 3 is 2.48 bits per heavy atom. The first-order chi connectivity index (χ1) is 11.0. The summed E-state index contributed by atoms with van der Waals surface area (Å²) >= 11 is 15.7. The molecule has 0 saturated heterocycles. The standard InChI is InChI=1S/C17H18BrCl2NO2/c1-3-22-16-8-11(7-13(18)17(16)23-4-2)10-21-15-9-12(19)5-6-14(15)20/h5-9,21H,3-4,10H2,1-2H3. The van der Waals surface area contributed by atoms with Gasteiger partial charge in [-0.3, -0.25) is 0 Å². The number of hydrogen-bond donors (Lipinski definition) is 1. The molecule has 0 saturated carbocycles. The molecule has 0 radical (unpaired) electrons. The van der Waals surface area contributed by atoms with E-state index in [2.05, 4.69) is 21.2 Å². The van der Waals surface area contributed by atoms with Crippen molar-refractivity contribution in [2.75, 3.05) is 18.5 Å². The van der Waals surface area contributed by atoms with Gasteiger partial charge in [0, 0.05) is 11.6 Å². The van der Waals surface area contributed by atoms with Crippen LogP contribution in [0.1, 0.15) is 19.4 Å². The van der Waals surface area contributed by atoms with Crippen molar-refractivity contribution in [2.45, 2.75) is 20.4 Å².